The van der Waals surface area contributed by atoms with Gasteiger partial charge in [-0.05, 0) is 30.3 Å². The molecule has 0 fully saturated rings. The summed E-state index contributed by atoms with van der Waals surface area (Å²) in [6.07, 6.45) is 1.49. The molecule has 22 heavy (non-hydrogen) atoms. The number of aromatic nitrogens is 2. The fourth-order valence-electron chi connectivity index (χ4n) is 2.67. The zero-order valence-corrected chi connectivity index (χ0v) is 11.3. The first-order valence-electron chi connectivity index (χ1n) is 6.72. The Bertz CT molecular complexity index is 1030. The molecule has 0 aliphatic rings. The number of hydrogen-bond donors (Lipinski definition) is 2. The average Bonchev–Trinajstić information content (AvgIpc) is 3.10. The number of fused-ring (bicyclic) bond motifs is 2. The Hall–Kier alpha value is -2.95. The molecule has 0 saturated heterocycles. The number of nitrogens with one attached hydrogen (secondary N) is 2. The largest absolute Gasteiger partial charge is 0.358 e. The van der Waals surface area contributed by atoms with Gasteiger partial charge in [-0.2, -0.15) is 0 Å². The van der Waals surface area contributed by atoms with Gasteiger partial charge < -0.3 is 9.97 Å². The molecule has 4 rings (SSSR count). The van der Waals surface area contributed by atoms with Crippen LogP contribution in [0.15, 0.2) is 48.7 Å². The normalized spacial score (nSPS) is 11.4. The molecule has 2 heterocycles. The number of halogens is 2. The third-order valence-corrected chi connectivity index (χ3v) is 3.74. The van der Waals surface area contributed by atoms with Crippen molar-refractivity contribution in [2.45, 2.75) is 0 Å². The number of carbonyl (C=O) groups is 1. The number of para-hydroxylation sites is 1. The van der Waals surface area contributed by atoms with E-state index in [2.05, 4.69) is 9.97 Å². The van der Waals surface area contributed by atoms with E-state index in [1.54, 1.807) is 24.3 Å². The van der Waals surface area contributed by atoms with Crippen LogP contribution in [0.5, 0.6) is 0 Å². The molecule has 0 bridgehead atoms. The molecule has 0 unspecified atom stereocenters. The smallest absolute Gasteiger partial charge is 0.211 e. The molecular formula is C17H10F2N2O. The van der Waals surface area contributed by atoms with Gasteiger partial charge in [0.15, 0.2) is 0 Å². The molecule has 2 aromatic heterocycles. The van der Waals surface area contributed by atoms with Gasteiger partial charge in [-0.15, -0.1) is 0 Å². The maximum Gasteiger partial charge on any atom is 0.211 e. The van der Waals surface area contributed by atoms with Crippen LogP contribution in [-0.2, 0) is 0 Å². The van der Waals surface area contributed by atoms with E-state index in [0.717, 1.165) is 5.39 Å². The Kier molecular flexibility index (Phi) is 2.63. The first kappa shape index (κ1) is 12.8. The van der Waals surface area contributed by atoms with Crippen LogP contribution in [0.2, 0.25) is 0 Å². The van der Waals surface area contributed by atoms with Crippen molar-refractivity contribution in [3.8, 4) is 0 Å². The zero-order valence-electron chi connectivity index (χ0n) is 11.3. The maximum absolute atomic E-state index is 13.7. The fraction of sp³-hybridized carbons (Fsp3) is 0. The fourth-order valence-corrected chi connectivity index (χ4v) is 2.67. The Balaban J connectivity index is 1.86. The summed E-state index contributed by atoms with van der Waals surface area (Å²) in [6.45, 7) is 0. The number of benzene rings is 2. The molecule has 0 atom stereocenters. The highest BCUT2D eigenvalue weighted by atomic mass is 19.1. The second kappa shape index (κ2) is 4.53. The maximum atomic E-state index is 13.7. The Morgan fingerprint density at radius 1 is 1.05 bits per heavy atom. The monoisotopic (exact) mass is 296 g/mol. The summed E-state index contributed by atoms with van der Waals surface area (Å²) in [5.74, 6) is -1.05. The van der Waals surface area contributed by atoms with Gasteiger partial charge in [0.2, 0.25) is 5.78 Å². The molecule has 5 heteroatoms. The van der Waals surface area contributed by atoms with Crippen molar-refractivity contribution in [1.29, 1.82) is 0 Å². The Morgan fingerprint density at radius 2 is 1.91 bits per heavy atom. The predicted octanol–water partition coefficient (Wildman–Crippen LogP) is 4.16. The van der Waals surface area contributed by atoms with E-state index < -0.39 is 5.82 Å². The number of ketones is 1. The van der Waals surface area contributed by atoms with E-state index in [1.807, 2.05) is 0 Å². The van der Waals surface area contributed by atoms with Gasteiger partial charge >= 0.3 is 0 Å². The lowest BCUT2D eigenvalue weighted by molar-refractivity contribution is 0.103. The van der Waals surface area contributed by atoms with Gasteiger partial charge in [0, 0.05) is 28.0 Å². The molecular weight excluding hydrogens is 286 g/mol. The van der Waals surface area contributed by atoms with Crippen molar-refractivity contribution in [3.05, 3.63) is 71.6 Å². The van der Waals surface area contributed by atoms with Gasteiger partial charge in [0.05, 0.1) is 11.2 Å². The molecule has 0 radical (unpaired) electrons. The number of carbonyl (C=O) groups excluding carboxylic acids is 1. The van der Waals surface area contributed by atoms with Gasteiger partial charge in [0.1, 0.15) is 11.6 Å². The summed E-state index contributed by atoms with van der Waals surface area (Å²) >= 11 is 0. The Morgan fingerprint density at radius 3 is 2.77 bits per heavy atom. The highest BCUT2D eigenvalue weighted by Gasteiger charge is 2.17. The van der Waals surface area contributed by atoms with Crippen LogP contribution < -0.4 is 0 Å². The van der Waals surface area contributed by atoms with E-state index >= 15 is 0 Å². The van der Waals surface area contributed by atoms with Crippen LogP contribution in [0.3, 0.4) is 0 Å². The minimum absolute atomic E-state index is 0.270. The topological polar surface area (TPSA) is 48.6 Å². The van der Waals surface area contributed by atoms with Gasteiger partial charge in [0.25, 0.3) is 0 Å². The highest BCUT2D eigenvalue weighted by molar-refractivity contribution is 6.16. The number of hydrogen-bond acceptors (Lipinski definition) is 1. The first-order chi connectivity index (χ1) is 10.6. The molecule has 2 N–H and O–H groups in total. The quantitative estimate of drug-likeness (QED) is 0.536. The van der Waals surface area contributed by atoms with Crippen LogP contribution >= 0.6 is 0 Å². The van der Waals surface area contributed by atoms with Crippen LogP contribution in [0.25, 0.3) is 21.8 Å². The van der Waals surface area contributed by atoms with E-state index in [4.69, 9.17) is 0 Å². The van der Waals surface area contributed by atoms with E-state index in [0.29, 0.717) is 27.7 Å². The average molecular weight is 296 g/mol. The minimum atomic E-state index is -0.407. The molecule has 3 nitrogen and oxygen atoms in total. The second-order valence-electron chi connectivity index (χ2n) is 5.11. The number of H-pyrrole nitrogens is 2. The van der Waals surface area contributed by atoms with Gasteiger partial charge in [-0.1, -0.05) is 12.1 Å². The Labute approximate surface area is 123 Å². The molecule has 0 amide bonds. The van der Waals surface area contributed by atoms with Gasteiger partial charge in [-0.25, -0.2) is 8.78 Å². The number of rotatable bonds is 2. The molecule has 0 aliphatic carbocycles. The standard InChI is InChI=1S/C17H10F2N2O/c18-10-5-4-9-6-15(21-14(9)7-10)17(22)12-8-20-16-11(12)2-1-3-13(16)19/h1-8,20-21H. The van der Waals surface area contributed by atoms with Crippen molar-refractivity contribution in [1.82, 2.24) is 9.97 Å². The minimum Gasteiger partial charge on any atom is -0.358 e. The van der Waals surface area contributed by atoms with Crippen LogP contribution in [0.4, 0.5) is 8.78 Å². The van der Waals surface area contributed by atoms with E-state index in [-0.39, 0.29) is 11.6 Å². The molecule has 108 valence electrons. The molecule has 0 spiro atoms. The van der Waals surface area contributed by atoms with Crippen LogP contribution in [0, 0.1) is 11.6 Å². The SMILES string of the molecule is O=C(c1cc2ccc(F)cc2[nH]1)c1c[nH]c2c(F)cccc12. The van der Waals surface area contributed by atoms with Crippen molar-refractivity contribution >= 4 is 27.6 Å². The third-order valence-electron chi connectivity index (χ3n) is 3.74. The van der Waals surface area contributed by atoms with Crippen molar-refractivity contribution in [2.24, 2.45) is 0 Å². The van der Waals surface area contributed by atoms with Crippen molar-refractivity contribution in [2.75, 3.05) is 0 Å². The molecule has 2 aromatic carbocycles. The number of aromatic amines is 2. The summed E-state index contributed by atoms with van der Waals surface area (Å²) in [4.78, 5) is 18.3. The zero-order chi connectivity index (χ0) is 15.3. The highest BCUT2D eigenvalue weighted by Crippen LogP contribution is 2.24. The lowest BCUT2D eigenvalue weighted by atomic mass is 10.1. The lowest BCUT2D eigenvalue weighted by Crippen LogP contribution is -2.00. The molecule has 0 aliphatic heterocycles. The third kappa shape index (κ3) is 1.83. The van der Waals surface area contributed by atoms with Crippen molar-refractivity contribution < 1.29 is 13.6 Å². The molecule has 4 aromatic rings. The van der Waals surface area contributed by atoms with Crippen LogP contribution in [-0.4, -0.2) is 15.8 Å². The molecule has 0 saturated carbocycles. The predicted molar refractivity (Wildman–Crippen MR) is 79.9 cm³/mol. The first-order valence-corrected chi connectivity index (χ1v) is 6.72. The summed E-state index contributed by atoms with van der Waals surface area (Å²) in [5, 5.41) is 1.27. The van der Waals surface area contributed by atoms with E-state index in [1.165, 1.54) is 24.4 Å². The van der Waals surface area contributed by atoms with Crippen LogP contribution in [0.1, 0.15) is 16.1 Å². The lowest BCUT2D eigenvalue weighted by Gasteiger charge is -1.97. The van der Waals surface area contributed by atoms with Crippen molar-refractivity contribution in [3.63, 3.8) is 0 Å². The summed E-state index contributed by atoms with van der Waals surface area (Å²) in [6, 6.07) is 10.5. The summed E-state index contributed by atoms with van der Waals surface area (Å²) in [7, 11) is 0. The summed E-state index contributed by atoms with van der Waals surface area (Å²) < 4.78 is 26.9. The van der Waals surface area contributed by atoms with E-state index in [9.17, 15) is 13.6 Å². The second-order valence-corrected chi connectivity index (χ2v) is 5.11. The van der Waals surface area contributed by atoms with Gasteiger partial charge in [-0.3, -0.25) is 4.79 Å². The summed E-state index contributed by atoms with van der Waals surface area (Å²) in [5.41, 5.74) is 1.56.